The normalized spacial score (nSPS) is 28.5. The van der Waals surface area contributed by atoms with E-state index in [1.807, 2.05) is 0 Å². The zero-order valence-corrected chi connectivity index (χ0v) is 11.5. The lowest BCUT2D eigenvalue weighted by Gasteiger charge is -2.42. The molecule has 104 valence electrons. The monoisotopic (exact) mass is 263 g/mol. The molecule has 1 aromatic rings. The highest BCUT2D eigenvalue weighted by Gasteiger charge is 2.34. The summed E-state index contributed by atoms with van der Waals surface area (Å²) in [5, 5.41) is 0. The first kappa shape index (κ1) is 12.9. The van der Waals surface area contributed by atoms with Crippen LogP contribution in [0.25, 0.3) is 0 Å². The topological polar surface area (TPSA) is 32.5 Å². The van der Waals surface area contributed by atoms with Gasteiger partial charge in [-0.05, 0) is 38.4 Å². The summed E-state index contributed by atoms with van der Waals surface area (Å²) in [5.74, 6) is -0.180. The number of hydrogen-bond acceptors (Lipinski definition) is 3. The molecule has 0 aromatic heterocycles. The van der Waals surface area contributed by atoms with Gasteiger partial charge in [-0.2, -0.15) is 0 Å². The van der Waals surface area contributed by atoms with Gasteiger partial charge < -0.3 is 5.73 Å². The number of piperazine rings is 1. The third-order valence-corrected chi connectivity index (χ3v) is 4.58. The maximum Gasteiger partial charge on any atom is 0.129 e. The quantitative estimate of drug-likeness (QED) is 0.829. The van der Waals surface area contributed by atoms with Crippen molar-refractivity contribution in [3.05, 3.63) is 29.6 Å². The molecule has 2 aliphatic rings. The van der Waals surface area contributed by atoms with Gasteiger partial charge in [0.05, 0.1) is 0 Å². The van der Waals surface area contributed by atoms with Gasteiger partial charge in [0.1, 0.15) is 5.82 Å². The van der Waals surface area contributed by atoms with Gasteiger partial charge in [0.15, 0.2) is 0 Å². The van der Waals surface area contributed by atoms with E-state index in [2.05, 4.69) is 16.7 Å². The third kappa shape index (κ3) is 2.47. The van der Waals surface area contributed by atoms with E-state index in [0.717, 1.165) is 13.1 Å². The van der Waals surface area contributed by atoms with Crippen molar-refractivity contribution in [1.29, 1.82) is 0 Å². The molecular formula is C15H22FN3. The molecule has 2 N–H and O–H groups in total. The highest BCUT2D eigenvalue weighted by Crippen LogP contribution is 2.27. The standard InChI is InChI=1S/C15H22FN3/c1-11-8-18-7-3-4-12(18)9-19(11)10-13-14(16)5-2-6-15(13)17/h2,5-6,11-12H,3-4,7-10,17H2,1H3. The van der Waals surface area contributed by atoms with E-state index in [9.17, 15) is 4.39 Å². The Kier molecular flexibility index (Phi) is 3.46. The van der Waals surface area contributed by atoms with Gasteiger partial charge in [-0.3, -0.25) is 9.80 Å². The number of halogens is 1. The number of hydrogen-bond donors (Lipinski definition) is 1. The van der Waals surface area contributed by atoms with Gasteiger partial charge >= 0.3 is 0 Å². The Bertz CT molecular complexity index is 442. The van der Waals surface area contributed by atoms with Crippen molar-refractivity contribution in [2.45, 2.75) is 38.4 Å². The Hall–Kier alpha value is -1.13. The van der Waals surface area contributed by atoms with Gasteiger partial charge in [-0.1, -0.05) is 6.07 Å². The van der Waals surface area contributed by atoms with Crippen molar-refractivity contribution in [1.82, 2.24) is 9.80 Å². The van der Waals surface area contributed by atoms with Crippen LogP contribution in [0, 0.1) is 5.82 Å². The predicted molar refractivity (Wildman–Crippen MR) is 75.3 cm³/mol. The van der Waals surface area contributed by atoms with E-state index in [1.54, 1.807) is 12.1 Å². The first-order valence-corrected chi connectivity index (χ1v) is 7.16. The molecule has 2 heterocycles. The van der Waals surface area contributed by atoms with E-state index in [4.69, 9.17) is 5.73 Å². The summed E-state index contributed by atoms with van der Waals surface area (Å²) in [6.45, 7) is 6.22. The second-order valence-electron chi connectivity index (χ2n) is 5.88. The summed E-state index contributed by atoms with van der Waals surface area (Å²) in [6, 6.07) is 6.08. The van der Waals surface area contributed by atoms with Crippen LogP contribution < -0.4 is 5.73 Å². The summed E-state index contributed by atoms with van der Waals surface area (Å²) in [4.78, 5) is 4.95. The molecule has 2 fully saturated rings. The molecule has 0 aliphatic carbocycles. The maximum absolute atomic E-state index is 13.9. The van der Waals surface area contributed by atoms with Crippen molar-refractivity contribution in [3.63, 3.8) is 0 Å². The van der Waals surface area contributed by atoms with Gasteiger partial charge in [0.25, 0.3) is 0 Å². The Morgan fingerprint density at radius 3 is 3.00 bits per heavy atom. The molecule has 3 nitrogen and oxygen atoms in total. The molecule has 2 unspecified atom stereocenters. The summed E-state index contributed by atoms with van der Waals surface area (Å²) in [6.07, 6.45) is 2.57. The minimum Gasteiger partial charge on any atom is -0.398 e. The van der Waals surface area contributed by atoms with Crippen molar-refractivity contribution in [2.75, 3.05) is 25.4 Å². The predicted octanol–water partition coefficient (Wildman–Crippen LogP) is 2.08. The Morgan fingerprint density at radius 2 is 2.21 bits per heavy atom. The van der Waals surface area contributed by atoms with Crippen molar-refractivity contribution in [2.24, 2.45) is 0 Å². The highest BCUT2D eigenvalue weighted by molar-refractivity contribution is 5.47. The largest absolute Gasteiger partial charge is 0.398 e. The van der Waals surface area contributed by atoms with Gasteiger partial charge in [0, 0.05) is 43.0 Å². The number of nitrogens with zero attached hydrogens (tertiary/aromatic N) is 2. The van der Waals surface area contributed by atoms with Crippen LogP contribution in [0.5, 0.6) is 0 Å². The van der Waals surface area contributed by atoms with Crippen LogP contribution in [0.2, 0.25) is 0 Å². The smallest absolute Gasteiger partial charge is 0.129 e. The van der Waals surface area contributed by atoms with Crippen LogP contribution >= 0.6 is 0 Å². The molecule has 2 atom stereocenters. The Labute approximate surface area is 114 Å². The van der Waals surface area contributed by atoms with Crippen LogP contribution in [0.4, 0.5) is 10.1 Å². The number of nitrogens with two attached hydrogens (primary N) is 1. The van der Waals surface area contributed by atoms with Crippen molar-refractivity contribution < 1.29 is 4.39 Å². The molecule has 0 radical (unpaired) electrons. The number of benzene rings is 1. The zero-order chi connectivity index (χ0) is 13.4. The molecule has 0 bridgehead atoms. The van der Waals surface area contributed by atoms with Crippen molar-refractivity contribution >= 4 is 5.69 Å². The molecule has 19 heavy (non-hydrogen) atoms. The third-order valence-electron chi connectivity index (χ3n) is 4.58. The van der Waals surface area contributed by atoms with E-state index in [-0.39, 0.29) is 5.82 Å². The zero-order valence-electron chi connectivity index (χ0n) is 11.5. The molecule has 2 saturated heterocycles. The average molecular weight is 263 g/mol. The minimum absolute atomic E-state index is 0.180. The Morgan fingerprint density at radius 1 is 1.37 bits per heavy atom. The number of nitrogen functional groups attached to an aromatic ring is 1. The average Bonchev–Trinajstić information content (AvgIpc) is 2.81. The second kappa shape index (κ2) is 5.10. The summed E-state index contributed by atoms with van der Waals surface area (Å²) < 4.78 is 13.9. The fourth-order valence-electron chi connectivity index (χ4n) is 3.41. The summed E-state index contributed by atoms with van der Waals surface area (Å²) in [7, 11) is 0. The first-order chi connectivity index (χ1) is 9.15. The number of rotatable bonds is 2. The van der Waals surface area contributed by atoms with Gasteiger partial charge in [-0.15, -0.1) is 0 Å². The van der Waals surface area contributed by atoms with Crippen LogP contribution in [0.1, 0.15) is 25.3 Å². The molecule has 2 aliphatic heterocycles. The lowest BCUT2D eigenvalue weighted by atomic mass is 10.1. The Balaban J connectivity index is 1.75. The molecular weight excluding hydrogens is 241 g/mol. The first-order valence-electron chi connectivity index (χ1n) is 7.16. The van der Waals surface area contributed by atoms with Crippen LogP contribution in [-0.2, 0) is 6.54 Å². The number of anilines is 1. The van der Waals surface area contributed by atoms with Crippen LogP contribution in [-0.4, -0.2) is 41.5 Å². The number of fused-ring (bicyclic) bond motifs is 1. The van der Waals surface area contributed by atoms with Crippen LogP contribution in [0.3, 0.4) is 0 Å². The van der Waals surface area contributed by atoms with E-state index in [0.29, 0.717) is 29.9 Å². The molecule has 1 aromatic carbocycles. The SMILES string of the molecule is CC1CN2CCCC2CN1Cc1c(N)cccc1F. The van der Waals surface area contributed by atoms with E-state index < -0.39 is 0 Å². The fourth-order valence-corrected chi connectivity index (χ4v) is 3.41. The summed E-state index contributed by atoms with van der Waals surface area (Å²) in [5.41, 5.74) is 7.14. The highest BCUT2D eigenvalue weighted by atomic mass is 19.1. The van der Waals surface area contributed by atoms with Gasteiger partial charge in [0.2, 0.25) is 0 Å². The summed E-state index contributed by atoms with van der Waals surface area (Å²) >= 11 is 0. The molecule has 4 heteroatoms. The minimum atomic E-state index is -0.180. The van der Waals surface area contributed by atoms with Crippen molar-refractivity contribution in [3.8, 4) is 0 Å². The molecule has 0 spiro atoms. The molecule has 0 amide bonds. The van der Waals surface area contributed by atoms with Gasteiger partial charge in [-0.25, -0.2) is 4.39 Å². The maximum atomic E-state index is 13.9. The molecule has 0 saturated carbocycles. The fraction of sp³-hybridized carbons (Fsp3) is 0.600. The van der Waals surface area contributed by atoms with E-state index >= 15 is 0 Å². The lowest BCUT2D eigenvalue weighted by molar-refractivity contribution is 0.0534. The lowest BCUT2D eigenvalue weighted by Crippen LogP contribution is -2.54. The van der Waals surface area contributed by atoms with Crippen LogP contribution in [0.15, 0.2) is 18.2 Å². The second-order valence-corrected chi connectivity index (χ2v) is 5.88. The molecule has 3 rings (SSSR count). The van der Waals surface area contributed by atoms with E-state index in [1.165, 1.54) is 25.5 Å².